The first-order chi connectivity index (χ1) is 18.7. The van der Waals surface area contributed by atoms with Gasteiger partial charge >= 0.3 is 6.18 Å². The van der Waals surface area contributed by atoms with Gasteiger partial charge in [-0.05, 0) is 81.7 Å². The Morgan fingerprint density at radius 3 is 2.23 bits per heavy atom. The monoisotopic (exact) mass is 542 g/mol. The van der Waals surface area contributed by atoms with Crippen LogP contribution >= 0.6 is 0 Å². The number of hydrogen-bond donors (Lipinski definition) is 1. The van der Waals surface area contributed by atoms with E-state index in [0.29, 0.717) is 44.0 Å². The van der Waals surface area contributed by atoms with Crippen LogP contribution in [0.1, 0.15) is 75.5 Å². The number of nitrogens with one attached hydrogen (secondary N) is 1. The Bertz CT molecular complexity index is 1090. The highest BCUT2D eigenvalue weighted by Gasteiger charge is 2.34. The van der Waals surface area contributed by atoms with Crippen molar-refractivity contribution in [2.45, 2.75) is 77.9 Å². The number of halogens is 3. The van der Waals surface area contributed by atoms with Gasteiger partial charge in [-0.15, -0.1) is 0 Å². The molecule has 0 aromatic heterocycles. The van der Waals surface area contributed by atoms with Gasteiger partial charge in [-0.1, -0.05) is 31.5 Å². The minimum absolute atomic E-state index is 0.00298. The summed E-state index contributed by atoms with van der Waals surface area (Å²) in [5.41, 5.74) is 1.61. The zero-order valence-corrected chi connectivity index (χ0v) is 23.4. The molecule has 0 unspecified atom stereocenters. The lowest BCUT2D eigenvalue weighted by molar-refractivity contribution is -0.137. The molecule has 0 radical (unpaired) electrons. The van der Waals surface area contributed by atoms with Crippen LogP contribution in [0.5, 0.6) is 0 Å². The van der Waals surface area contributed by atoms with Crippen LogP contribution in [0.3, 0.4) is 0 Å². The molecule has 0 saturated carbocycles. The third-order valence-corrected chi connectivity index (χ3v) is 7.68. The maximum Gasteiger partial charge on any atom is 0.417 e. The molecule has 0 aliphatic carbocycles. The highest BCUT2D eigenvalue weighted by Crippen LogP contribution is 2.34. The quantitative estimate of drug-likeness (QED) is 0.396. The van der Waals surface area contributed by atoms with E-state index in [2.05, 4.69) is 41.4 Å². The van der Waals surface area contributed by atoms with Gasteiger partial charge in [-0.25, -0.2) is 0 Å². The molecular formula is C31H41F3N4O. The van der Waals surface area contributed by atoms with Gasteiger partial charge in [-0.3, -0.25) is 4.79 Å². The number of aryl methyl sites for hydroxylation is 1. The van der Waals surface area contributed by atoms with E-state index in [1.165, 1.54) is 23.4 Å². The fourth-order valence-corrected chi connectivity index (χ4v) is 5.41. The van der Waals surface area contributed by atoms with Crippen molar-refractivity contribution in [3.63, 3.8) is 0 Å². The van der Waals surface area contributed by atoms with E-state index in [-0.39, 0.29) is 17.5 Å². The summed E-state index contributed by atoms with van der Waals surface area (Å²) in [4.78, 5) is 17.1. The van der Waals surface area contributed by atoms with Gasteiger partial charge in [0.05, 0.1) is 17.2 Å². The summed E-state index contributed by atoms with van der Waals surface area (Å²) < 4.78 is 39.7. The second-order valence-corrected chi connectivity index (χ2v) is 10.3. The molecule has 2 aromatic rings. The first-order valence-corrected chi connectivity index (χ1v) is 14.2. The first kappa shape index (κ1) is 30.3. The van der Waals surface area contributed by atoms with Crippen molar-refractivity contribution in [1.82, 2.24) is 4.90 Å². The van der Waals surface area contributed by atoms with Crippen LogP contribution in [0.4, 0.5) is 24.5 Å². The van der Waals surface area contributed by atoms with Gasteiger partial charge in [0.2, 0.25) is 5.91 Å². The number of carbonyl (C=O) groups is 1. The molecule has 0 bridgehead atoms. The summed E-state index contributed by atoms with van der Waals surface area (Å²) in [6, 6.07) is 14.0. The molecule has 2 heterocycles. The van der Waals surface area contributed by atoms with Crippen molar-refractivity contribution in [2.75, 3.05) is 36.4 Å². The Morgan fingerprint density at radius 1 is 1.00 bits per heavy atom. The number of benzene rings is 2. The second-order valence-electron chi connectivity index (χ2n) is 10.3. The Balaban J connectivity index is 0.00000205. The molecule has 1 amide bonds. The molecule has 1 N–H and O–H groups in total. The second kappa shape index (κ2) is 14.3. The molecule has 2 aliphatic heterocycles. The lowest BCUT2D eigenvalue weighted by atomic mass is 9.91. The number of anilines is 2. The Morgan fingerprint density at radius 2 is 1.64 bits per heavy atom. The average molecular weight is 543 g/mol. The highest BCUT2D eigenvalue weighted by molar-refractivity contribution is 5.76. The summed E-state index contributed by atoms with van der Waals surface area (Å²) in [6.07, 6.45) is 1.64. The third-order valence-electron chi connectivity index (χ3n) is 7.68. The minimum Gasteiger partial charge on any atom is -0.382 e. The van der Waals surface area contributed by atoms with Gasteiger partial charge in [0.15, 0.2) is 0 Å². The van der Waals surface area contributed by atoms with Crippen LogP contribution in [-0.4, -0.2) is 43.0 Å². The number of piperidine rings is 2. The van der Waals surface area contributed by atoms with E-state index in [1.54, 1.807) is 6.07 Å². The standard InChI is InChI=1S/C29H35F3N4O.C2H6/c1-21-5-9-26(10-6-21)35-15-11-22(12-16-35)3-2-4-28(37)36-17-13-24(14-18-36)34-25-8-7-23(20-33)27(19-25)29(30,31)32;1-2/h5-10,19,22,24,34H,2-4,11-18H2,1H3;1-2H3. The lowest BCUT2D eigenvalue weighted by Gasteiger charge is -2.34. The SMILES string of the molecule is CC.Cc1ccc(N2CCC(CCCC(=O)N3CCC(Nc4ccc(C#N)c(C(F)(F)F)c4)CC3)CC2)cc1. The molecular weight excluding hydrogens is 501 g/mol. The van der Waals surface area contributed by atoms with Gasteiger partial charge in [0, 0.05) is 50.0 Å². The van der Waals surface area contributed by atoms with Crippen LogP contribution in [0.2, 0.25) is 0 Å². The number of alkyl halides is 3. The van der Waals surface area contributed by atoms with Crippen molar-refractivity contribution in [3.8, 4) is 6.07 Å². The number of nitrogens with zero attached hydrogens (tertiary/aromatic N) is 3. The Labute approximate surface area is 231 Å². The summed E-state index contributed by atoms with van der Waals surface area (Å²) in [5.74, 6) is 0.840. The molecule has 5 nitrogen and oxygen atoms in total. The largest absolute Gasteiger partial charge is 0.417 e. The predicted octanol–water partition coefficient (Wildman–Crippen LogP) is 7.40. The van der Waals surface area contributed by atoms with E-state index in [4.69, 9.17) is 5.26 Å². The van der Waals surface area contributed by atoms with E-state index < -0.39 is 11.7 Å². The molecule has 39 heavy (non-hydrogen) atoms. The molecule has 2 aliphatic rings. The summed E-state index contributed by atoms with van der Waals surface area (Å²) >= 11 is 0. The Hall–Kier alpha value is -3.21. The van der Waals surface area contributed by atoms with E-state index in [1.807, 2.05) is 18.7 Å². The summed E-state index contributed by atoms with van der Waals surface area (Å²) in [5, 5.41) is 12.1. The molecule has 8 heteroatoms. The molecule has 0 spiro atoms. The lowest BCUT2D eigenvalue weighted by Crippen LogP contribution is -2.42. The average Bonchev–Trinajstić information content (AvgIpc) is 2.95. The van der Waals surface area contributed by atoms with Crippen molar-refractivity contribution >= 4 is 17.3 Å². The van der Waals surface area contributed by atoms with Gasteiger partial charge in [0.1, 0.15) is 0 Å². The van der Waals surface area contributed by atoms with Crippen LogP contribution in [0.25, 0.3) is 0 Å². The number of nitriles is 1. The fraction of sp³-hybridized carbons (Fsp3) is 0.548. The van der Waals surface area contributed by atoms with Gasteiger partial charge < -0.3 is 15.1 Å². The van der Waals surface area contributed by atoms with Crippen molar-refractivity contribution < 1.29 is 18.0 Å². The Kier molecular flexibility index (Phi) is 11.1. The predicted molar refractivity (Wildman–Crippen MR) is 151 cm³/mol. The zero-order valence-electron chi connectivity index (χ0n) is 23.4. The number of likely N-dealkylation sites (tertiary alicyclic amines) is 1. The molecule has 2 saturated heterocycles. The van der Waals surface area contributed by atoms with Crippen molar-refractivity contribution in [2.24, 2.45) is 5.92 Å². The van der Waals surface area contributed by atoms with Crippen LogP contribution in [0, 0.1) is 24.2 Å². The third kappa shape index (κ3) is 8.64. The van der Waals surface area contributed by atoms with Crippen LogP contribution in [-0.2, 0) is 11.0 Å². The normalized spacial score (nSPS) is 16.7. The van der Waals surface area contributed by atoms with E-state index in [9.17, 15) is 18.0 Å². The van der Waals surface area contributed by atoms with Crippen molar-refractivity contribution in [3.05, 3.63) is 59.2 Å². The number of amides is 1. The van der Waals surface area contributed by atoms with E-state index in [0.717, 1.165) is 44.8 Å². The molecule has 0 atom stereocenters. The molecule has 2 aromatic carbocycles. The fourth-order valence-electron chi connectivity index (χ4n) is 5.41. The maximum atomic E-state index is 13.2. The van der Waals surface area contributed by atoms with Gasteiger partial charge in [-0.2, -0.15) is 18.4 Å². The maximum absolute atomic E-state index is 13.2. The molecule has 4 rings (SSSR count). The van der Waals surface area contributed by atoms with Crippen molar-refractivity contribution in [1.29, 1.82) is 5.26 Å². The van der Waals surface area contributed by atoms with Crippen LogP contribution < -0.4 is 10.2 Å². The van der Waals surface area contributed by atoms with Gasteiger partial charge in [0.25, 0.3) is 0 Å². The summed E-state index contributed by atoms with van der Waals surface area (Å²) in [6.45, 7) is 9.43. The minimum atomic E-state index is -4.57. The zero-order chi connectivity index (χ0) is 28.4. The topological polar surface area (TPSA) is 59.4 Å². The summed E-state index contributed by atoms with van der Waals surface area (Å²) in [7, 11) is 0. The number of carbonyl (C=O) groups excluding carboxylic acids is 1. The smallest absolute Gasteiger partial charge is 0.382 e. The first-order valence-electron chi connectivity index (χ1n) is 14.2. The van der Waals surface area contributed by atoms with E-state index >= 15 is 0 Å². The molecule has 2 fully saturated rings. The molecule has 212 valence electrons. The number of hydrogen-bond acceptors (Lipinski definition) is 4. The van der Waals surface area contributed by atoms with Crippen LogP contribution in [0.15, 0.2) is 42.5 Å². The highest BCUT2D eigenvalue weighted by atomic mass is 19.4. The number of rotatable bonds is 7.